The fourth-order valence-electron chi connectivity index (χ4n) is 4.49. The molecule has 3 aliphatic heterocycles. The predicted molar refractivity (Wildman–Crippen MR) is 149 cm³/mol. The van der Waals surface area contributed by atoms with Crippen molar-refractivity contribution >= 4 is 52.0 Å². The first-order chi connectivity index (χ1) is 19.4. The van der Waals surface area contributed by atoms with Crippen LogP contribution in [0, 0.1) is 6.92 Å². The van der Waals surface area contributed by atoms with Crippen molar-refractivity contribution in [1.82, 2.24) is 20.4 Å². The fourth-order valence-corrected chi connectivity index (χ4v) is 5.29. The van der Waals surface area contributed by atoms with Gasteiger partial charge in [0.15, 0.2) is 22.5 Å². The van der Waals surface area contributed by atoms with Gasteiger partial charge >= 0.3 is 0 Å². The quantitative estimate of drug-likeness (QED) is 0.384. The Morgan fingerprint density at radius 1 is 1.12 bits per heavy atom. The summed E-state index contributed by atoms with van der Waals surface area (Å²) in [5, 5.41) is 12.8. The lowest BCUT2D eigenvalue weighted by molar-refractivity contribution is -0.125. The molecule has 12 nitrogen and oxygen atoms in total. The van der Waals surface area contributed by atoms with Gasteiger partial charge in [0.2, 0.25) is 18.6 Å². The number of para-hydroxylation sites is 1. The molecule has 13 heteroatoms. The molecule has 6 rings (SSSR count). The molecule has 0 saturated carbocycles. The van der Waals surface area contributed by atoms with E-state index in [1.165, 1.54) is 4.90 Å². The molecule has 0 bridgehead atoms. The average molecular weight is 560 g/mol. The molecule has 2 aromatic carbocycles. The Kier molecular flexibility index (Phi) is 6.95. The van der Waals surface area contributed by atoms with Crippen LogP contribution < -0.4 is 20.1 Å². The molecule has 3 aromatic rings. The lowest BCUT2D eigenvalue weighted by Gasteiger charge is -2.25. The number of carbonyl (C=O) groups is 3. The lowest BCUT2D eigenvalue weighted by atomic mass is 10.1. The predicted octanol–water partition coefficient (Wildman–Crippen LogP) is 2.87. The number of anilines is 1. The van der Waals surface area contributed by atoms with E-state index in [2.05, 4.69) is 30.8 Å². The van der Waals surface area contributed by atoms with Gasteiger partial charge in [-0.3, -0.25) is 24.5 Å². The number of aromatic nitrogens is 2. The molecule has 3 N–H and O–H groups in total. The van der Waals surface area contributed by atoms with Crippen LogP contribution in [-0.2, 0) is 20.9 Å². The van der Waals surface area contributed by atoms with Crippen molar-refractivity contribution in [3.63, 3.8) is 0 Å². The highest BCUT2D eigenvalue weighted by molar-refractivity contribution is 8.14. The highest BCUT2D eigenvalue weighted by Gasteiger charge is 2.41. The summed E-state index contributed by atoms with van der Waals surface area (Å²) >= 11 is 1.14. The van der Waals surface area contributed by atoms with Crippen molar-refractivity contribution in [2.75, 3.05) is 17.9 Å². The van der Waals surface area contributed by atoms with Crippen molar-refractivity contribution in [2.45, 2.75) is 32.4 Å². The summed E-state index contributed by atoms with van der Waals surface area (Å²) in [7, 11) is 0. The molecule has 4 heterocycles. The van der Waals surface area contributed by atoms with Gasteiger partial charge < -0.3 is 20.1 Å². The maximum absolute atomic E-state index is 13.4. The van der Waals surface area contributed by atoms with Crippen LogP contribution in [0.15, 0.2) is 58.5 Å². The molecule has 1 atom stereocenters. The number of carbonyl (C=O) groups excluding carboxylic acids is 3. The van der Waals surface area contributed by atoms with E-state index in [9.17, 15) is 14.4 Å². The van der Waals surface area contributed by atoms with Crippen LogP contribution in [-0.4, -0.2) is 62.4 Å². The average Bonchev–Trinajstić information content (AvgIpc) is 3.68. The number of ether oxygens (including phenoxy) is 2. The van der Waals surface area contributed by atoms with Crippen LogP contribution in [0.25, 0.3) is 0 Å². The molecule has 1 aromatic heterocycles. The van der Waals surface area contributed by atoms with Crippen molar-refractivity contribution in [3.8, 4) is 11.5 Å². The van der Waals surface area contributed by atoms with E-state index in [1.54, 1.807) is 6.07 Å². The van der Waals surface area contributed by atoms with E-state index >= 15 is 0 Å². The van der Waals surface area contributed by atoms with Crippen LogP contribution in [0.3, 0.4) is 0 Å². The number of nitrogens with one attached hydrogen (secondary N) is 3. The van der Waals surface area contributed by atoms with Gasteiger partial charge in [0.25, 0.3) is 5.91 Å². The third-order valence-electron chi connectivity index (χ3n) is 6.42. The Labute approximate surface area is 233 Å². The number of aromatic amines is 1. The van der Waals surface area contributed by atoms with Crippen molar-refractivity contribution in [1.29, 1.82) is 0 Å². The summed E-state index contributed by atoms with van der Waals surface area (Å²) in [4.78, 5) is 49.3. The van der Waals surface area contributed by atoms with Crippen molar-refractivity contribution in [3.05, 3.63) is 65.4 Å². The van der Waals surface area contributed by atoms with Crippen LogP contribution in [0.1, 0.15) is 29.7 Å². The zero-order chi connectivity index (χ0) is 27.6. The van der Waals surface area contributed by atoms with Gasteiger partial charge in [-0.25, -0.2) is 9.89 Å². The van der Waals surface area contributed by atoms with Gasteiger partial charge in [-0.2, -0.15) is 5.10 Å². The Morgan fingerprint density at radius 2 is 1.98 bits per heavy atom. The molecule has 0 saturated heterocycles. The number of hydrogen-bond donors (Lipinski definition) is 3. The number of thioether (sulfide) groups is 1. The number of amides is 3. The Balaban J connectivity index is 1.09. The molecule has 3 aliphatic rings. The second-order valence-corrected chi connectivity index (χ2v) is 10.3. The molecule has 0 fully saturated rings. The number of fused-ring (bicyclic) bond motifs is 4. The maximum atomic E-state index is 13.4. The fraction of sp³-hybridized carbons (Fsp3) is 0.259. The number of amidine groups is 2. The molecule has 0 unspecified atom stereocenters. The summed E-state index contributed by atoms with van der Waals surface area (Å²) in [6, 6.07) is 13.9. The van der Waals surface area contributed by atoms with Gasteiger partial charge in [-0.15, -0.1) is 0 Å². The number of rotatable bonds is 8. The number of nitrogens with zero attached hydrogens (tertiary/aromatic N) is 4. The second kappa shape index (κ2) is 10.8. The smallest absolute Gasteiger partial charge is 0.259 e. The largest absolute Gasteiger partial charge is 0.454 e. The minimum atomic E-state index is -0.732. The first-order valence-corrected chi connectivity index (χ1v) is 13.6. The van der Waals surface area contributed by atoms with Gasteiger partial charge in [0, 0.05) is 30.3 Å². The molecule has 0 radical (unpaired) electrons. The minimum absolute atomic E-state index is 0.0247. The molecule has 0 aliphatic carbocycles. The first-order valence-electron chi connectivity index (χ1n) is 12.6. The first kappa shape index (κ1) is 25.6. The van der Waals surface area contributed by atoms with Crippen molar-refractivity contribution < 1.29 is 23.9 Å². The van der Waals surface area contributed by atoms with Crippen LogP contribution in [0.5, 0.6) is 11.5 Å². The number of aliphatic imine (C=N–C) groups is 2. The van der Waals surface area contributed by atoms with Gasteiger partial charge in [-0.1, -0.05) is 30.0 Å². The second-order valence-electron chi connectivity index (χ2n) is 9.33. The standard InChI is InChI=1S/C27H25N7O5S/c1-15-10-22(33-32-15)31-24(36)13-40-27-30-18-5-3-2-4-17(18)25-29-19(26(37)34(25)27)7-9-23(35)28-12-16-6-8-20-21(11-16)39-14-38-20/h2-6,8,10-11,19H,7,9,12-14H2,1H3,(H,28,35)(H2,31,32,33,36)/t19-/m1/s1. The number of aryl methyl sites for hydroxylation is 1. The molecule has 204 valence electrons. The Hall–Kier alpha value is -4.65. The van der Waals surface area contributed by atoms with E-state index in [4.69, 9.17) is 9.47 Å². The van der Waals surface area contributed by atoms with E-state index in [0.29, 0.717) is 40.6 Å². The van der Waals surface area contributed by atoms with Gasteiger partial charge in [-0.05, 0) is 43.2 Å². The third kappa shape index (κ3) is 5.27. The molecular formula is C27H25N7O5S. The van der Waals surface area contributed by atoms with E-state index < -0.39 is 6.04 Å². The molecule has 40 heavy (non-hydrogen) atoms. The SMILES string of the molecule is Cc1cc(NC(=O)CSC2=Nc3ccccc3C3=N[C@H](CCC(=O)NCc4ccc5c(c4)OCO5)C(=O)N23)n[nH]1. The van der Waals surface area contributed by atoms with Crippen LogP contribution in [0.2, 0.25) is 0 Å². The van der Waals surface area contributed by atoms with E-state index in [1.807, 2.05) is 49.4 Å². The lowest BCUT2D eigenvalue weighted by Crippen LogP contribution is -2.41. The molecular weight excluding hydrogens is 534 g/mol. The zero-order valence-corrected chi connectivity index (χ0v) is 22.3. The third-order valence-corrected chi connectivity index (χ3v) is 7.36. The minimum Gasteiger partial charge on any atom is -0.454 e. The van der Waals surface area contributed by atoms with Gasteiger partial charge in [0.1, 0.15) is 11.9 Å². The summed E-state index contributed by atoms with van der Waals surface area (Å²) in [6.07, 6.45) is 0.364. The highest BCUT2D eigenvalue weighted by Crippen LogP contribution is 2.35. The topological polar surface area (TPSA) is 150 Å². The monoisotopic (exact) mass is 559 g/mol. The highest BCUT2D eigenvalue weighted by atomic mass is 32.2. The van der Waals surface area contributed by atoms with Crippen molar-refractivity contribution in [2.24, 2.45) is 9.98 Å². The van der Waals surface area contributed by atoms with Crippen LogP contribution in [0.4, 0.5) is 11.5 Å². The Bertz CT molecular complexity index is 1570. The van der Waals surface area contributed by atoms with E-state index in [-0.39, 0.29) is 43.1 Å². The van der Waals surface area contributed by atoms with E-state index in [0.717, 1.165) is 28.6 Å². The number of H-pyrrole nitrogens is 1. The zero-order valence-electron chi connectivity index (χ0n) is 21.5. The molecule has 0 spiro atoms. The van der Waals surface area contributed by atoms with Gasteiger partial charge in [0.05, 0.1) is 11.4 Å². The Morgan fingerprint density at radius 3 is 2.83 bits per heavy atom. The normalized spacial score (nSPS) is 16.7. The van der Waals surface area contributed by atoms with Crippen LogP contribution >= 0.6 is 11.8 Å². The summed E-state index contributed by atoms with van der Waals surface area (Å²) < 4.78 is 10.7. The number of benzene rings is 2. The summed E-state index contributed by atoms with van der Waals surface area (Å²) in [5.74, 6) is 1.52. The number of hydrogen-bond acceptors (Lipinski definition) is 9. The molecule has 3 amide bonds. The maximum Gasteiger partial charge on any atom is 0.259 e. The summed E-state index contributed by atoms with van der Waals surface area (Å²) in [6.45, 7) is 2.35. The summed E-state index contributed by atoms with van der Waals surface area (Å²) in [5.41, 5.74) is 3.10.